The van der Waals surface area contributed by atoms with Gasteiger partial charge >= 0.3 is 0 Å². The summed E-state index contributed by atoms with van der Waals surface area (Å²) in [6.45, 7) is 2.26. The highest BCUT2D eigenvalue weighted by molar-refractivity contribution is 6.17. The van der Waals surface area contributed by atoms with Gasteiger partial charge < -0.3 is 5.32 Å². The molecule has 1 fully saturated rings. The summed E-state index contributed by atoms with van der Waals surface area (Å²) in [6, 6.07) is 0.408. The number of halogens is 1. The van der Waals surface area contributed by atoms with Crippen LogP contribution in [-0.2, 0) is 4.79 Å². The molecule has 1 N–H and O–H groups in total. The molecule has 0 spiro atoms. The molecule has 0 aliphatic heterocycles. The van der Waals surface area contributed by atoms with Crippen molar-refractivity contribution >= 4 is 17.5 Å². The highest BCUT2D eigenvalue weighted by Gasteiger charge is 2.20. The van der Waals surface area contributed by atoms with E-state index in [4.69, 9.17) is 11.6 Å². The van der Waals surface area contributed by atoms with Crippen LogP contribution >= 0.6 is 11.6 Å². The van der Waals surface area contributed by atoms with Crippen LogP contribution in [0.4, 0.5) is 0 Å². The summed E-state index contributed by atoms with van der Waals surface area (Å²) < 4.78 is 0. The third-order valence-electron chi connectivity index (χ3n) is 3.50. The van der Waals surface area contributed by atoms with Gasteiger partial charge in [-0.05, 0) is 31.6 Å². The van der Waals surface area contributed by atoms with E-state index in [1.165, 1.54) is 25.7 Å². The second-order valence-electron chi connectivity index (χ2n) is 4.94. The van der Waals surface area contributed by atoms with Crippen LogP contribution in [0.25, 0.3) is 0 Å². The van der Waals surface area contributed by atoms with Crippen LogP contribution in [0, 0.1) is 5.92 Å². The van der Waals surface area contributed by atoms with Crippen LogP contribution in [-0.4, -0.2) is 17.8 Å². The average Bonchev–Trinajstić information content (AvgIpc) is 2.45. The third kappa shape index (κ3) is 5.20. The van der Waals surface area contributed by atoms with Crippen molar-refractivity contribution in [2.45, 2.75) is 64.3 Å². The largest absolute Gasteiger partial charge is 0.353 e. The first kappa shape index (κ1) is 13.8. The Morgan fingerprint density at radius 3 is 2.75 bits per heavy atom. The second kappa shape index (κ2) is 7.94. The van der Waals surface area contributed by atoms with E-state index in [0.717, 1.165) is 19.3 Å². The molecule has 3 heteroatoms. The number of alkyl halides is 1. The van der Waals surface area contributed by atoms with Crippen molar-refractivity contribution in [2.75, 3.05) is 5.88 Å². The number of carbonyl (C=O) groups excluding carboxylic acids is 1. The maximum atomic E-state index is 11.7. The first-order valence-electron chi connectivity index (χ1n) is 6.59. The molecule has 0 aromatic heterocycles. The van der Waals surface area contributed by atoms with Gasteiger partial charge in [0.25, 0.3) is 0 Å². The minimum Gasteiger partial charge on any atom is -0.353 e. The molecule has 0 saturated heterocycles. The molecule has 1 aliphatic rings. The molecular formula is C13H24ClNO. The van der Waals surface area contributed by atoms with Gasteiger partial charge in [0.1, 0.15) is 0 Å². The topological polar surface area (TPSA) is 29.1 Å². The number of hydrogen-bond acceptors (Lipinski definition) is 1. The van der Waals surface area contributed by atoms with Crippen LogP contribution in [0.5, 0.6) is 0 Å². The van der Waals surface area contributed by atoms with Gasteiger partial charge in [-0.25, -0.2) is 0 Å². The smallest absolute Gasteiger partial charge is 0.220 e. The number of rotatable bonds is 5. The Morgan fingerprint density at radius 2 is 2.00 bits per heavy atom. The van der Waals surface area contributed by atoms with Crippen LogP contribution in [0.3, 0.4) is 0 Å². The van der Waals surface area contributed by atoms with Gasteiger partial charge in [0.05, 0.1) is 0 Å². The number of carbonyl (C=O) groups is 1. The fourth-order valence-corrected chi connectivity index (χ4v) is 2.56. The van der Waals surface area contributed by atoms with Crippen molar-refractivity contribution in [3.8, 4) is 0 Å². The lowest BCUT2D eigenvalue weighted by molar-refractivity contribution is -0.122. The van der Waals surface area contributed by atoms with Gasteiger partial charge in [0, 0.05) is 18.3 Å². The molecule has 2 atom stereocenters. The number of hydrogen-bond donors (Lipinski definition) is 1. The molecule has 2 nitrogen and oxygen atoms in total. The van der Waals surface area contributed by atoms with E-state index in [9.17, 15) is 4.79 Å². The molecule has 16 heavy (non-hydrogen) atoms. The molecule has 2 unspecified atom stereocenters. The molecule has 0 aromatic rings. The Balaban J connectivity index is 2.25. The highest BCUT2D eigenvalue weighted by Crippen LogP contribution is 2.23. The zero-order chi connectivity index (χ0) is 11.8. The Bertz CT molecular complexity index is 208. The fourth-order valence-electron chi connectivity index (χ4n) is 2.37. The predicted octanol–water partition coefficient (Wildman–Crippen LogP) is 3.48. The monoisotopic (exact) mass is 245 g/mol. The van der Waals surface area contributed by atoms with Crippen molar-refractivity contribution in [3.05, 3.63) is 0 Å². The normalized spacial score (nSPS) is 26.1. The highest BCUT2D eigenvalue weighted by atomic mass is 35.5. The maximum Gasteiger partial charge on any atom is 0.220 e. The SMILES string of the molecule is CC1CCCCCC1NC(=O)CCCCCl. The molecule has 0 aromatic carbocycles. The molecule has 0 heterocycles. The average molecular weight is 246 g/mol. The van der Waals surface area contributed by atoms with Gasteiger partial charge in [0.15, 0.2) is 0 Å². The fraction of sp³-hybridized carbons (Fsp3) is 0.923. The summed E-state index contributed by atoms with van der Waals surface area (Å²) in [7, 11) is 0. The Kier molecular flexibility index (Phi) is 6.86. The predicted molar refractivity (Wildman–Crippen MR) is 68.8 cm³/mol. The molecule has 1 aliphatic carbocycles. The zero-order valence-electron chi connectivity index (χ0n) is 10.3. The third-order valence-corrected chi connectivity index (χ3v) is 3.76. The molecule has 1 rings (SSSR count). The lowest BCUT2D eigenvalue weighted by Crippen LogP contribution is -2.38. The molecular weight excluding hydrogens is 222 g/mol. The van der Waals surface area contributed by atoms with E-state index in [-0.39, 0.29) is 5.91 Å². The summed E-state index contributed by atoms with van der Waals surface area (Å²) in [5.41, 5.74) is 0. The van der Waals surface area contributed by atoms with Crippen LogP contribution in [0.2, 0.25) is 0 Å². The van der Waals surface area contributed by atoms with Crippen molar-refractivity contribution in [1.29, 1.82) is 0 Å². The Labute approximate surface area is 104 Å². The van der Waals surface area contributed by atoms with Crippen molar-refractivity contribution in [1.82, 2.24) is 5.32 Å². The molecule has 94 valence electrons. The van der Waals surface area contributed by atoms with E-state index < -0.39 is 0 Å². The van der Waals surface area contributed by atoms with E-state index >= 15 is 0 Å². The summed E-state index contributed by atoms with van der Waals surface area (Å²) in [6.07, 6.45) is 8.80. The lowest BCUT2D eigenvalue weighted by Gasteiger charge is -2.22. The van der Waals surface area contributed by atoms with E-state index in [1.807, 2.05) is 0 Å². The summed E-state index contributed by atoms with van der Waals surface area (Å²) >= 11 is 5.59. The molecule has 0 radical (unpaired) electrons. The molecule has 1 amide bonds. The molecule has 1 saturated carbocycles. The van der Waals surface area contributed by atoms with E-state index in [0.29, 0.717) is 24.3 Å². The minimum absolute atomic E-state index is 0.212. The van der Waals surface area contributed by atoms with Crippen LogP contribution < -0.4 is 5.32 Å². The molecule has 0 bridgehead atoms. The van der Waals surface area contributed by atoms with Gasteiger partial charge in [-0.15, -0.1) is 11.6 Å². The van der Waals surface area contributed by atoms with Gasteiger partial charge in [-0.3, -0.25) is 4.79 Å². The Morgan fingerprint density at radius 1 is 1.25 bits per heavy atom. The van der Waals surface area contributed by atoms with Gasteiger partial charge in [0.2, 0.25) is 5.91 Å². The minimum atomic E-state index is 0.212. The lowest BCUT2D eigenvalue weighted by atomic mass is 9.97. The first-order valence-corrected chi connectivity index (χ1v) is 7.13. The number of unbranched alkanes of at least 4 members (excludes halogenated alkanes) is 1. The second-order valence-corrected chi connectivity index (χ2v) is 5.31. The van der Waals surface area contributed by atoms with Crippen molar-refractivity contribution in [3.63, 3.8) is 0 Å². The van der Waals surface area contributed by atoms with Crippen molar-refractivity contribution in [2.24, 2.45) is 5.92 Å². The summed E-state index contributed by atoms with van der Waals surface area (Å²) in [5, 5.41) is 3.19. The summed E-state index contributed by atoms with van der Waals surface area (Å²) in [5.74, 6) is 1.51. The van der Waals surface area contributed by atoms with Crippen molar-refractivity contribution < 1.29 is 4.79 Å². The Hall–Kier alpha value is -0.240. The van der Waals surface area contributed by atoms with E-state index in [2.05, 4.69) is 12.2 Å². The summed E-state index contributed by atoms with van der Waals surface area (Å²) in [4.78, 5) is 11.7. The van der Waals surface area contributed by atoms with Gasteiger partial charge in [-0.2, -0.15) is 0 Å². The maximum absolute atomic E-state index is 11.7. The quantitative estimate of drug-likeness (QED) is 0.449. The number of nitrogens with one attached hydrogen (secondary N) is 1. The first-order chi connectivity index (χ1) is 7.74. The standard InChI is InChI=1S/C13H24ClNO/c1-11-7-3-2-4-8-12(11)15-13(16)9-5-6-10-14/h11-12H,2-10H2,1H3,(H,15,16). The zero-order valence-corrected chi connectivity index (χ0v) is 11.1. The van der Waals surface area contributed by atoms with Crippen LogP contribution in [0.15, 0.2) is 0 Å². The number of amides is 1. The van der Waals surface area contributed by atoms with Gasteiger partial charge in [-0.1, -0.05) is 26.2 Å². The van der Waals surface area contributed by atoms with E-state index in [1.54, 1.807) is 0 Å². The van der Waals surface area contributed by atoms with Crippen LogP contribution in [0.1, 0.15) is 58.3 Å².